The molecule has 3 aromatic carbocycles. The number of fused-ring (bicyclic) bond motifs is 3. The Morgan fingerprint density at radius 1 is 0.649 bits per heavy atom. The van der Waals surface area contributed by atoms with Crippen molar-refractivity contribution in [1.29, 1.82) is 10.5 Å². The van der Waals surface area contributed by atoms with E-state index in [9.17, 15) is 5.26 Å². The predicted molar refractivity (Wildman–Crippen MR) is 149 cm³/mol. The van der Waals surface area contributed by atoms with Gasteiger partial charge < -0.3 is 4.57 Å². The van der Waals surface area contributed by atoms with Gasteiger partial charge in [-0.25, -0.2) is 9.97 Å². The fourth-order valence-corrected chi connectivity index (χ4v) is 4.75. The summed E-state index contributed by atoms with van der Waals surface area (Å²) in [5.74, 6) is 0.121. The van der Waals surface area contributed by atoms with Gasteiger partial charge in [0.15, 0.2) is 0 Å². The molecule has 37 heavy (non-hydrogen) atoms. The summed E-state index contributed by atoms with van der Waals surface area (Å²) in [5, 5.41) is 21.5. The van der Waals surface area contributed by atoms with Gasteiger partial charge in [-0.3, -0.25) is 0 Å². The van der Waals surface area contributed by atoms with Crippen LogP contribution in [0.25, 0.3) is 38.6 Å². The summed E-state index contributed by atoms with van der Waals surface area (Å²) in [6.45, 7) is 13.4. The number of nitrogens with zero attached hydrogens (tertiary/aromatic N) is 5. The van der Waals surface area contributed by atoms with E-state index in [1.807, 2.05) is 24.3 Å². The number of nitriles is 2. The summed E-state index contributed by atoms with van der Waals surface area (Å²) in [6.07, 6.45) is 3.23. The third-order valence-electron chi connectivity index (χ3n) is 6.94. The highest BCUT2D eigenvalue weighted by Crippen LogP contribution is 2.38. The van der Waals surface area contributed by atoms with Crippen LogP contribution in [0.5, 0.6) is 0 Å². The van der Waals surface area contributed by atoms with Crippen molar-refractivity contribution in [2.24, 2.45) is 0 Å². The SMILES string of the molecule is CC(C)(C)c1ccc2c(c1)c1cc(C(C)(C)C)ccc1n2-c1ccc(-c2cnc(C#N)nc2)cc1C#N. The van der Waals surface area contributed by atoms with Crippen LogP contribution in [0.3, 0.4) is 0 Å². The Hall–Kier alpha value is -4.48. The van der Waals surface area contributed by atoms with Crippen LogP contribution >= 0.6 is 0 Å². The molecule has 0 aliphatic carbocycles. The van der Waals surface area contributed by atoms with Crippen LogP contribution in [0, 0.1) is 22.7 Å². The first-order valence-electron chi connectivity index (χ1n) is 12.4. The molecule has 5 heteroatoms. The van der Waals surface area contributed by atoms with Crippen LogP contribution in [0.15, 0.2) is 67.0 Å². The molecule has 0 aliphatic heterocycles. The Labute approximate surface area is 217 Å². The van der Waals surface area contributed by atoms with Crippen molar-refractivity contribution in [2.75, 3.05) is 0 Å². The van der Waals surface area contributed by atoms with E-state index in [1.54, 1.807) is 12.4 Å². The summed E-state index contributed by atoms with van der Waals surface area (Å²) in [5.41, 5.74) is 7.70. The van der Waals surface area contributed by atoms with E-state index in [0.717, 1.165) is 27.8 Å². The fourth-order valence-electron chi connectivity index (χ4n) is 4.75. The molecule has 5 nitrogen and oxygen atoms in total. The maximum atomic E-state index is 10.2. The Morgan fingerprint density at radius 2 is 1.19 bits per heavy atom. The first kappa shape index (κ1) is 24.2. The molecule has 0 fully saturated rings. The number of hydrogen-bond acceptors (Lipinski definition) is 4. The zero-order valence-corrected chi connectivity index (χ0v) is 22.1. The smallest absolute Gasteiger partial charge is 0.232 e. The van der Waals surface area contributed by atoms with E-state index >= 15 is 0 Å². The molecule has 2 heterocycles. The largest absolute Gasteiger partial charge is 0.308 e. The van der Waals surface area contributed by atoms with Gasteiger partial charge >= 0.3 is 0 Å². The zero-order valence-electron chi connectivity index (χ0n) is 22.1. The molecule has 0 saturated heterocycles. The van der Waals surface area contributed by atoms with Gasteiger partial charge in [-0.2, -0.15) is 10.5 Å². The van der Waals surface area contributed by atoms with Crippen molar-refractivity contribution in [1.82, 2.24) is 14.5 Å². The van der Waals surface area contributed by atoms with E-state index in [-0.39, 0.29) is 16.7 Å². The molecule has 0 amide bonds. The number of rotatable bonds is 2. The van der Waals surface area contributed by atoms with Crippen molar-refractivity contribution in [2.45, 2.75) is 52.4 Å². The lowest BCUT2D eigenvalue weighted by Crippen LogP contribution is -2.10. The van der Waals surface area contributed by atoms with Gasteiger partial charge in [-0.1, -0.05) is 59.7 Å². The van der Waals surface area contributed by atoms with Gasteiger partial charge in [0.05, 0.1) is 22.3 Å². The van der Waals surface area contributed by atoms with E-state index in [4.69, 9.17) is 5.26 Å². The van der Waals surface area contributed by atoms with E-state index in [2.05, 4.69) is 98.5 Å². The zero-order chi connectivity index (χ0) is 26.5. The van der Waals surface area contributed by atoms with Gasteiger partial charge in [0, 0.05) is 28.7 Å². The van der Waals surface area contributed by atoms with Crippen molar-refractivity contribution < 1.29 is 0 Å². The molecule has 2 aromatic heterocycles. The third kappa shape index (κ3) is 4.24. The van der Waals surface area contributed by atoms with Crippen molar-refractivity contribution in [3.05, 3.63) is 89.5 Å². The molecule has 182 valence electrons. The van der Waals surface area contributed by atoms with Crippen LogP contribution in [0.2, 0.25) is 0 Å². The van der Waals surface area contributed by atoms with E-state index in [0.29, 0.717) is 5.56 Å². The van der Waals surface area contributed by atoms with E-state index < -0.39 is 0 Å². The predicted octanol–water partition coefficient (Wildman–Crippen LogP) is 7.58. The first-order chi connectivity index (χ1) is 17.5. The maximum Gasteiger partial charge on any atom is 0.232 e. The standard InChI is InChI=1S/C32H29N5/c1-31(2,3)23-8-11-28-25(14-23)26-15-24(32(4,5)6)9-12-29(26)37(28)27-10-7-20(13-21(27)16-33)22-18-35-30(17-34)36-19-22/h7-15,18-19H,1-6H3. The molecule has 5 rings (SSSR count). The Kier molecular flexibility index (Phi) is 5.61. The molecule has 0 spiro atoms. The molecule has 0 atom stereocenters. The van der Waals surface area contributed by atoms with Crippen molar-refractivity contribution >= 4 is 21.8 Å². The quantitative estimate of drug-likeness (QED) is 0.259. The number of aromatic nitrogens is 3. The highest BCUT2D eigenvalue weighted by molar-refractivity contribution is 6.10. The van der Waals surface area contributed by atoms with Crippen LogP contribution in [-0.2, 0) is 10.8 Å². The topological polar surface area (TPSA) is 78.3 Å². The lowest BCUT2D eigenvalue weighted by atomic mass is 9.85. The molecule has 0 saturated carbocycles. The monoisotopic (exact) mass is 483 g/mol. The van der Waals surface area contributed by atoms with Gasteiger partial charge in [0.25, 0.3) is 0 Å². The molecule has 0 bridgehead atoms. The summed E-state index contributed by atoms with van der Waals surface area (Å²) in [6, 6.07) is 23.5. The summed E-state index contributed by atoms with van der Waals surface area (Å²) in [7, 11) is 0. The number of hydrogen-bond donors (Lipinski definition) is 0. The molecule has 0 unspecified atom stereocenters. The second kappa shape index (κ2) is 8.57. The maximum absolute atomic E-state index is 10.2. The summed E-state index contributed by atoms with van der Waals surface area (Å²) < 4.78 is 2.20. The minimum Gasteiger partial charge on any atom is -0.308 e. The van der Waals surface area contributed by atoms with Gasteiger partial charge in [-0.05, 0) is 63.9 Å². The highest BCUT2D eigenvalue weighted by atomic mass is 15.0. The van der Waals surface area contributed by atoms with Crippen molar-refractivity contribution in [3.8, 4) is 29.0 Å². The molecule has 0 N–H and O–H groups in total. The molecular formula is C32H29N5. The van der Waals surface area contributed by atoms with Gasteiger partial charge in [0.1, 0.15) is 12.1 Å². The fraction of sp³-hybridized carbons (Fsp3) is 0.250. The summed E-state index contributed by atoms with van der Waals surface area (Å²) >= 11 is 0. The highest BCUT2D eigenvalue weighted by Gasteiger charge is 2.21. The Morgan fingerprint density at radius 3 is 1.65 bits per heavy atom. The normalized spacial score (nSPS) is 12.0. The van der Waals surface area contributed by atoms with Crippen LogP contribution in [0.4, 0.5) is 0 Å². The second-order valence-corrected chi connectivity index (χ2v) is 11.6. The van der Waals surface area contributed by atoms with Crippen LogP contribution in [-0.4, -0.2) is 14.5 Å². The minimum absolute atomic E-state index is 0.0207. The molecular weight excluding hydrogens is 454 g/mol. The van der Waals surface area contributed by atoms with Crippen LogP contribution in [0.1, 0.15) is 64.1 Å². The molecule has 0 aliphatic rings. The lowest BCUT2D eigenvalue weighted by molar-refractivity contribution is 0.590. The summed E-state index contributed by atoms with van der Waals surface area (Å²) in [4.78, 5) is 8.16. The van der Waals surface area contributed by atoms with Gasteiger partial charge in [0.2, 0.25) is 5.82 Å². The average Bonchev–Trinajstić information content (AvgIpc) is 3.20. The van der Waals surface area contributed by atoms with Crippen LogP contribution < -0.4 is 0 Å². The number of benzene rings is 3. The van der Waals surface area contributed by atoms with E-state index in [1.165, 1.54) is 21.9 Å². The third-order valence-corrected chi connectivity index (χ3v) is 6.94. The van der Waals surface area contributed by atoms with Crippen molar-refractivity contribution in [3.63, 3.8) is 0 Å². The Bertz CT molecular complexity index is 1670. The second-order valence-electron chi connectivity index (χ2n) is 11.6. The molecule has 5 aromatic rings. The average molecular weight is 484 g/mol. The van der Waals surface area contributed by atoms with Gasteiger partial charge in [-0.15, -0.1) is 0 Å². The first-order valence-corrected chi connectivity index (χ1v) is 12.4. The Balaban J connectivity index is 1.78. The lowest BCUT2D eigenvalue weighted by Gasteiger charge is -2.19. The minimum atomic E-state index is 0.0207. The molecule has 0 radical (unpaired) electrons.